The van der Waals surface area contributed by atoms with E-state index in [9.17, 15) is 0 Å². The Balaban J connectivity index is 2.13. The Morgan fingerprint density at radius 2 is 1.56 bits per heavy atom. The van der Waals surface area contributed by atoms with Gasteiger partial charge >= 0.3 is 0 Å². The number of rotatable bonds is 8. The molecule has 0 aromatic heterocycles. The van der Waals surface area contributed by atoms with Crippen LogP contribution in [0.4, 0.5) is 0 Å². The molecule has 1 aromatic rings. The highest BCUT2D eigenvalue weighted by molar-refractivity contribution is 5.21. The van der Waals surface area contributed by atoms with Crippen molar-refractivity contribution in [3.63, 3.8) is 0 Å². The van der Waals surface area contributed by atoms with Crippen LogP contribution in [0.3, 0.4) is 0 Å². The molecule has 0 unspecified atom stereocenters. The second kappa shape index (κ2) is 8.25. The molecule has 0 heterocycles. The monoisotopic (exact) mass is 249 g/mol. The zero-order valence-corrected chi connectivity index (χ0v) is 12.2. The molecule has 1 N–H and O–H groups in total. The first-order chi connectivity index (χ1) is 8.58. The minimum Gasteiger partial charge on any atom is -0.314 e. The highest BCUT2D eigenvalue weighted by Crippen LogP contribution is 2.05. The molecule has 0 aliphatic carbocycles. The fourth-order valence-electron chi connectivity index (χ4n) is 1.78. The Labute approximate surface area is 112 Å². The van der Waals surface area contributed by atoms with Crippen LogP contribution in [0.1, 0.15) is 11.1 Å². The van der Waals surface area contributed by atoms with Crippen LogP contribution in [-0.2, 0) is 6.54 Å². The lowest BCUT2D eigenvalue weighted by Gasteiger charge is -2.17. The fourth-order valence-corrected chi connectivity index (χ4v) is 1.78. The lowest BCUT2D eigenvalue weighted by Crippen LogP contribution is -2.33. The summed E-state index contributed by atoms with van der Waals surface area (Å²) in [6, 6.07) is 8.79. The minimum atomic E-state index is 1.02. The van der Waals surface area contributed by atoms with Crippen LogP contribution in [0.5, 0.6) is 0 Å². The second-order valence-electron chi connectivity index (χ2n) is 5.28. The largest absolute Gasteiger partial charge is 0.314 e. The third kappa shape index (κ3) is 6.74. The summed E-state index contributed by atoms with van der Waals surface area (Å²) >= 11 is 0. The molecule has 3 heteroatoms. The van der Waals surface area contributed by atoms with Crippen molar-refractivity contribution in [2.24, 2.45) is 0 Å². The van der Waals surface area contributed by atoms with E-state index in [1.165, 1.54) is 11.1 Å². The van der Waals surface area contributed by atoms with E-state index in [4.69, 9.17) is 0 Å². The van der Waals surface area contributed by atoms with E-state index in [2.05, 4.69) is 67.4 Å². The topological polar surface area (TPSA) is 18.5 Å². The average molecular weight is 249 g/mol. The third-order valence-electron chi connectivity index (χ3n) is 2.98. The van der Waals surface area contributed by atoms with Gasteiger partial charge < -0.3 is 15.1 Å². The molecule has 0 amide bonds. The summed E-state index contributed by atoms with van der Waals surface area (Å²) in [6.45, 7) is 7.45. The number of nitrogens with zero attached hydrogens (tertiary/aromatic N) is 2. The molecule has 0 aliphatic rings. The predicted octanol–water partition coefficient (Wildman–Crippen LogP) is 1.58. The summed E-state index contributed by atoms with van der Waals surface area (Å²) in [5, 5.41) is 3.46. The van der Waals surface area contributed by atoms with Crippen molar-refractivity contribution in [1.29, 1.82) is 0 Å². The van der Waals surface area contributed by atoms with Crippen LogP contribution in [-0.4, -0.2) is 57.1 Å². The Kier molecular flexibility index (Phi) is 6.94. The highest BCUT2D eigenvalue weighted by Gasteiger charge is 1.99. The summed E-state index contributed by atoms with van der Waals surface area (Å²) in [7, 11) is 6.38. The molecule has 0 spiro atoms. The van der Waals surface area contributed by atoms with Gasteiger partial charge in [0.25, 0.3) is 0 Å². The van der Waals surface area contributed by atoms with Gasteiger partial charge in [-0.15, -0.1) is 0 Å². The van der Waals surface area contributed by atoms with Crippen molar-refractivity contribution in [2.45, 2.75) is 13.5 Å². The normalized spacial score (nSPS) is 11.4. The van der Waals surface area contributed by atoms with Gasteiger partial charge in [-0.1, -0.05) is 29.8 Å². The molecular weight excluding hydrogens is 222 g/mol. The van der Waals surface area contributed by atoms with Crippen LogP contribution in [0.15, 0.2) is 24.3 Å². The first-order valence-electron chi connectivity index (χ1n) is 6.67. The zero-order chi connectivity index (χ0) is 13.4. The van der Waals surface area contributed by atoms with Gasteiger partial charge in [0, 0.05) is 32.7 Å². The summed E-state index contributed by atoms with van der Waals surface area (Å²) in [4.78, 5) is 4.55. The predicted molar refractivity (Wildman–Crippen MR) is 78.9 cm³/mol. The molecule has 0 radical (unpaired) electrons. The van der Waals surface area contributed by atoms with E-state index >= 15 is 0 Å². The van der Waals surface area contributed by atoms with E-state index in [0.29, 0.717) is 0 Å². The van der Waals surface area contributed by atoms with E-state index in [1.54, 1.807) is 0 Å². The molecule has 0 bridgehead atoms. The average Bonchev–Trinajstić information content (AvgIpc) is 2.31. The number of hydrogen-bond donors (Lipinski definition) is 1. The van der Waals surface area contributed by atoms with E-state index in [1.807, 2.05) is 0 Å². The standard InChI is InChI=1S/C15H27N3/c1-14-5-7-15(8-6-14)13-18(4)12-10-16-9-11-17(2)3/h5-8,16H,9-13H2,1-4H3. The SMILES string of the molecule is Cc1ccc(CN(C)CCNCCN(C)C)cc1. The van der Waals surface area contributed by atoms with Gasteiger partial charge in [-0.05, 0) is 33.6 Å². The molecule has 1 aromatic carbocycles. The molecule has 0 aliphatic heterocycles. The Hall–Kier alpha value is -0.900. The number of hydrogen-bond acceptors (Lipinski definition) is 3. The van der Waals surface area contributed by atoms with Gasteiger partial charge in [-0.3, -0.25) is 0 Å². The Bertz CT molecular complexity index is 319. The summed E-state index contributed by atoms with van der Waals surface area (Å²) in [6.07, 6.45) is 0. The van der Waals surface area contributed by atoms with Crippen molar-refractivity contribution in [2.75, 3.05) is 47.3 Å². The van der Waals surface area contributed by atoms with Crippen LogP contribution in [0.2, 0.25) is 0 Å². The van der Waals surface area contributed by atoms with Crippen LogP contribution in [0, 0.1) is 6.92 Å². The van der Waals surface area contributed by atoms with Crippen molar-refractivity contribution in [3.05, 3.63) is 35.4 Å². The maximum absolute atomic E-state index is 3.46. The first kappa shape index (κ1) is 15.2. The van der Waals surface area contributed by atoms with Gasteiger partial charge in [0.15, 0.2) is 0 Å². The number of aryl methyl sites for hydroxylation is 1. The van der Waals surface area contributed by atoms with E-state index in [0.717, 1.165) is 32.7 Å². The fraction of sp³-hybridized carbons (Fsp3) is 0.600. The molecule has 0 saturated heterocycles. The first-order valence-corrected chi connectivity index (χ1v) is 6.67. The van der Waals surface area contributed by atoms with Crippen molar-refractivity contribution in [3.8, 4) is 0 Å². The Morgan fingerprint density at radius 1 is 0.944 bits per heavy atom. The minimum absolute atomic E-state index is 1.02. The molecule has 1 rings (SSSR count). The van der Waals surface area contributed by atoms with Crippen molar-refractivity contribution < 1.29 is 0 Å². The number of likely N-dealkylation sites (N-methyl/N-ethyl adjacent to an activating group) is 2. The van der Waals surface area contributed by atoms with Crippen molar-refractivity contribution in [1.82, 2.24) is 15.1 Å². The summed E-state index contributed by atoms with van der Waals surface area (Å²) < 4.78 is 0. The van der Waals surface area contributed by atoms with Crippen LogP contribution in [0.25, 0.3) is 0 Å². The quantitative estimate of drug-likeness (QED) is 0.706. The van der Waals surface area contributed by atoms with Gasteiger partial charge in [0.1, 0.15) is 0 Å². The summed E-state index contributed by atoms with van der Waals surface area (Å²) in [5.41, 5.74) is 2.71. The molecule has 18 heavy (non-hydrogen) atoms. The number of nitrogens with one attached hydrogen (secondary N) is 1. The van der Waals surface area contributed by atoms with Gasteiger partial charge in [-0.2, -0.15) is 0 Å². The molecule has 0 saturated carbocycles. The van der Waals surface area contributed by atoms with Crippen LogP contribution >= 0.6 is 0 Å². The van der Waals surface area contributed by atoms with E-state index < -0.39 is 0 Å². The van der Waals surface area contributed by atoms with Gasteiger partial charge in [0.2, 0.25) is 0 Å². The van der Waals surface area contributed by atoms with Crippen molar-refractivity contribution >= 4 is 0 Å². The highest BCUT2D eigenvalue weighted by atomic mass is 15.1. The molecule has 0 fully saturated rings. The van der Waals surface area contributed by atoms with E-state index in [-0.39, 0.29) is 0 Å². The molecule has 3 nitrogen and oxygen atoms in total. The molecular formula is C15H27N3. The van der Waals surface area contributed by atoms with Crippen LogP contribution < -0.4 is 5.32 Å². The van der Waals surface area contributed by atoms with Gasteiger partial charge in [-0.25, -0.2) is 0 Å². The maximum Gasteiger partial charge on any atom is 0.0231 e. The van der Waals surface area contributed by atoms with Gasteiger partial charge in [0.05, 0.1) is 0 Å². The second-order valence-corrected chi connectivity index (χ2v) is 5.28. The summed E-state index contributed by atoms with van der Waals surface area (Å²) in [5.74, 6) is 0. The molecule has 0 atom stereocenters. The number of benzene rings is 1. The molecule has 102 valence electrons. The smallest absolute Gasteiger partial charge is 0.0231 e. The maximum atomic E-state index is 3.46. The Morgan fingerprint density at radius 3 is 2.17 bits per heavy atom. The zero-order valence-electron chi connectivity index (χ0n) is 12.2. The lowest BCUT2D eigenvalue weighted by atomic mass is 10.1. The lowest BCUT2D eigenvalue weighted by molar-refractivity contribution is 0.319. The third-order valence-corrected chi connectivity index (χ3v) is 2.98.